The van der Waals surface area contributed by atoms with E-state index in [2.05, 4.69) is 24.0 Å². The molecule has 1 unspecified atom stereocenters. The largest absolute Gasteiger partial charge is 0.497 e. The Balaban J connectivity index is 1.26. The number of hydrogen-bond donors (Lipinski definition) is 0. The van der Waals surface area contributed by atoms with Crippen LogP contribution in [0.5, 0.6) is 5.75 Å². The molecule has 2 saturated heterocycles. The van der Waals surface area contributed by atoms with Gasteiger partial charge in [0.2, 0.25) is 5.91 Å². The first-order chi connectivity index (χ1) is 15.1. The summed E-state index contributed by atoms with van der Waals surface area (Å²) < 4.78 is 10.6. The summed E-state index contributed by atoms with van der Waals surface area (Å²) in [5.41, 5.74) is 1.23. The maximum atomic E-state index is 13.1. The summed E-state index contributed by atoms with van der Waals surface area (Å²) >= 11 is 0. The van der Waals surface area contributed by atoms with Gasteiger partial charge in [-0.2, -0.15) is 0 Å². The van der Waals surface area contributed by atoms with Gasteiger partial charge in [-0.3, -0.25) is 14.5 Å². The summed E-state index contributed by atoms with van der Waals surface area (Å²) in [5, 5.41) is 0. The van der Waals surface area contributed by atoms with Crippen molar-refractivity contribution in [1.29, 1.82) is 0 Å². The number of ether oxygens (including phenoxy) is 1. The zero-order valence-corrected chi connectivity index (χ0v) is 18.3. The van der Waals surface area contributed by atoms with Crippen molar-refractivity contribution in [2.24, 2.45) is 5.92 Å². The highest BCUT2D eigenvalue weighted by Gasteiger charge is 2.33. The number of carbonyl (C=O) groups is 2. The van der Waals surface area contributed by atoms with Crippen LogP contribution in [0.4, 0.5) is 0 Å². The third-order valence-corrected chi connectivity index (χ3v) is 6.61. The highest BCUT2D eigenvalue weighted by molar-refractivity contribution is 5.91. The molecule has 166 valence electrons. The standard InChI is InChI=1S/C24H31N3O4/c1-18(20-5-3-6-21(17-20)30-2)25-12-14-27(15-13-25)23(28)19-8-10-26(11-9-19)24(29)22-7-4-16-31-22/h3-7,16-19H,8-15H2,1-2H3. The van der Waals surface area contributed by atoms with Crippen molar-refractivity contribution in [3.05, 3.63) is 54.0 Å². The fourth-order valence-corrected chi connectivity index (χ4v) is 4.59. The van der Waals surface area contributed by atoms with Gasteiger partial charge in [-0.15, -0.1) is 0 Å². The van der Waals surface area contributed by atoms with Gasteiger partial charge in [0.25, 0.3) is 5.91 Å². The number of nitrogens with zero attached hydrogens (tertiary/aromatic N) is 3. The monoisotopic (exact) mass is 425 g/mol. The maximum absolute atomic E-state index is 13.1. The number of piperazine rings is 1. The molecular weight excluding hydrogens is 394 g/mol. The molecule has 31 heavy (non-hydrogen) atoms. The average Bonchev–Trinajstić information content (AvgIpc) is 3.38. The highest BCUT2D eigenvalue weighted by Crippen LogP contribution is 2.26. The smallest absolute Gasteiger partial charge is 0.289 e. The van der Waals surface area contributed by atoms with Gasteiger partial charge in [0.1, 0.15) is 5.75 Å². The van der Waals surface area contributed by atoms with Crippen LogP contribution in [-0.2, 0) is 4.79 Å². The molecule has 0 saturated carbocycles. The number of benzene rings is 1. The van der Waals surface area contributed by atoms with E-state index in [4.69, 9.17) is 9.15 Å². The number of carbonyl (C=O) groups excluding carboxylic acids is 2. The lowest BCUT2D eigenvalue weighted by Gasteiger charge is -2.40. The maximum Gasteiger partial charge on any atom is 0.289 e. The molecule has 1 aromatic heterocycles. The van der Waals surface area contributed by atoms with Crippen molar-refractivity contribution >= 4 is 11.8 Å². The van der Waals surface area contributed by atoms with E-state index in [0.717, 1.165) is 31.9 Å². The second kappa shape index (κ2) is 9.56. The van der Waals surface area contributed by atoms with E-state index in [1.54, 1.807) is 24.1 Å². The Morgan fingerprint density at radius 3 is 2.39 bits per heavy atom. The molecule has 3 heterocycles. The van der Waals surface area contributed by atoms with E-state index in [1.807, 2.05) is 17.0 Å². The normalized spacial score (nSPS) is 19.3. The molecule has 7 nitrogen and oxygen atoms in total. The van der Waals surface area contributed by atoms with Gasteiger partial charge >= 0.3 is 0 Å². The van der Waals surface area contributed by atoms with Crippen LogP contribution in [0.1, 0.15) is 41.9 Å². The van der Waals surface area contributed by atoms with Gasteiger partial charge in [0, 0.05) is 51.2 Å². The topological polar surface area (TPSA) is 66.2 Å². The van der Waals surface area contributed by atoms with E-state index < -0.39 is 0 Å². The van der Waals surface area contributed by atoms with Crippen LogP contribution < -0.4 is 4.74 Å². The zero-order chi connectivity index (χ0) is 21.8. The van der Waals surface area contributed by atoms with Gasteiger partial charge < -0.3 is 19.0 Å². The second-order valence-corrected chi connectivity index (χ2v) is 8.36. The number of hydrogen-bond acceptors (Lipinski definition) is 5. The minimum Gasteiger partial charge on any atom is -0.497 e. The fourth-order valence-electron chi connectivity index (χ4n) is 4.59. The summed E-state index contributed by atoms with van der Waals surface area (Å²) in [4.78, 5) is 31.7. The van der Waals surface area contributed by atoms with Crippen LogP contribution in [0, 0.1) is 5.92 Å². The van der Waals surface area contributed by atoms with Crippen molar-refractivity contribution < 1.29 is 18.7 Å². The first kappa shape index (κ1) is 21.4. The third kappa shape index (κ3) is 4.77. The second-order valence-electron chi connectivity index (χ2n) is 8.36. The molecule has 7 heteroatoms. The van der Waals surface area contributed by atoms with E-state index in [-0.39, 0.29) is 23.8 Å². The van der Waals surface area contributed by atoms with Crippen LogP contribution in [0.2, 0.25) is 0 Å². The molecule has 0 bridgehead atoms. The Morgan fingerprint density at radius 1 is 1.00 bits per heavy atom. The number of rotatable bonds is 5. The minimum atomic E-state index is -0.0870. The van der Waals surface area contributed by atoms with Crippen molar-refractivity contribution in [2.45, 2.75) is 25.8 Å². The number of likely N-dealkylation sites (tertiary alicyclic amines) is 1. The highest BCUT2D eigenvalue weighted by atomic mass is 16.5. The predicted octanol–water partition coefficient (Wildman–Crippen LogP) is 3.05. The number of furan rings is 1. The molecule has 0 spiro atoms. The lowest BCUT2D eigenvalue weighted by Crippen LogP contribution is -2.52. The Labute approximate surface area is 183 Å². The van der Waals surface area contributed by atoms with E-state index in [1.165, 1.54) is 11.8 Å². The van der Waals surface area contributed by atoms with Crippen molar-refractivity contribution in [1.82, 2.24) is 14.7 Å². The molecule has 2 fully saturated rings. The zero-order valence-electron chi connectivity index (χ0n) is 18.3. The van der Waals surface area contributed by atoms with Crippen LogP contribution in [0.3, 0.4) is 0 Å². The minimum absolute atomic E-state index is 0.00279. The van der Waals surface area contributed by atoms with Crippen LogP contribution >= 0.6 is 0 Å². The van der Waals surface area contributed by atoms with Gasteiger partial charge in [-0.1, -0.05) is 12.1 Å². The van der Waals surface area contributed by atoms with Crippen LogP contribution in [0.15, 0.2) is 47.1 Å². The fraction of sp³-hybridized carbons (Fsp3) is 0.500. The SMILES string of the molecule is COc1cccc(C(C)N2CCN(C(=O)C3CCN(C(=O)c4ccco4)CC3)CC2)c1. The quantitative estimate of drug-likeness (QED) is 0.737. The molecule has 0 aliphatic carbocycles. The summed E-state index contributed by atoms with van der Waals surface area (Å²) in [6, 6.07) is 11.9. The Morgan fingerprint density at radius 2 is 1.74 bits per heavy atom. The molecule has 0 radical (unpaired) electrons. The Kier molecular flexibility index (Phi) is 6.61. The lowest BCUT2D eigenvalue weighted by atomic mass is 9.94. The average molecular weight is 426 g/mol. The van der Waals surface area contributed by atoms with Gasteiger partial charge in [-0.25, -0.2) is 0 Å². The van der Waals surface area contributed by atoms with E-state index >= 15 is 0 Å². The van der Waals surface area contributed by atoms with Crippen LogP contribution in [-0.4, -0.2) is 72.9 Å². The molecule has 4 rings (SSSR count). The summed E-state index contributed by atoms with van der Waals surface area (Å²) in [7, 11) is 1.69. The third-order valence-electron chi connectivity index (χ3n) is 6.61. The molecular formula is C24H31N3O4. The molecule has 0 N–H and O–H groups in total. The predicted molar refractivity (Wildman–Crippen MR) is 117 cm³/mol. The molecule has 1 aromatic carbocycles. The van der Waals surface area contributed by atoms with Crippen molar-refractivity contribution in [3.63, 3.8) is 0 Å². The Bertz CT molecular complexity index is 882. The van der Waals surface area contributed by atoms with Gasteiger partial charge in [0.05, 0.1) is 13.4 Å². The van der Waals surface area contributed by atoms with Crippen LogP contribution in [0.25, 0.3) is 0 Å². The Hall–Kier alpha value is -2.80. The molecule has 2 aliphatic heterocycles. The van der Waals surface area contributed by atoms with Crippen molar-refractivity contribution in [2.75, 3.05) is 46.4 Å². The van der Waals surface area contributed by atoms with Crippen molar-refractivity contribution in [3.8, 4) is 5.75 Å². The number of methoxy groups -OCH3 is 1. The summed E-state index contributed by atoms with van der Waals surface area (Å²) in [6.07, 6.45) is 2.94. The summed E-state index contributed by atoms with van der Waals surface area (Å²) in [5.74, 6) is 1.39. The number of piperidine rings is 1. The summed E-state index contributed by atoms with van der Waals surface area (Å²) in [6.45, 7) is 6.63. The number of amides is 2. The molecule has 2 aliphatic rings. The van der Waals surface area contributed by atoms with Gasteiger partial charge in [0.15, 0.2) is 5.76 Å². The first-order valence-corrected chi connectivity index (χ1v) is 11.1. The molecule has 2 aromatic rings. The van der Waals surface area contributed by atoms with E-state index in [9.17, 15) is 9.59 Å². The molecule has 2 amide bonds. The van der Waals surface area contributed by atoms with Gasteiger partial charge in [-0.05, 0) is 49.6 Å². The molecule has 1 atom stereocenters. The first-order valence-electron chi connectivity index (χ1n) is 11.1. The van der Waals surface area contributed by atoms with E-state index in [0.29, 0.717) is 31.7 Å². The lowest BCUT2D eigenvalue weighted by molar-refractivity contribution is -0.139.